The van der Waals surface area contributed by atoms with Gasteiger partial charge in [0.05, 0.1) is 0 Å². The largest absolute Gasteiger partial charge is 0.491 e. The molecule has 0 spiro atoms. The lowest BCUT2D eigenvalue weighted by Gasteiger charge is -2.18. The highest BCUT2D eigenvalue weighted by Crippen LogP contribution is 2.20. The van der Waals surface area contributed by atoms with Gasteiger partial charge in [-0.15, -0.1) is 0 Å². The fraction of sp³-hybridized carbons (Fsp3) is 0.455. The van der Waals surface area contributed by atoms with Crippen LogP contribution in [-0.4, -0.2) is 17.2 Å². The molecule has 2 N–H and O–H groups in total. The Bertz CT molecular complexity index is 345. The molecule has 0 aliphatic heterocycles. The molecule has 2 nitrogen and oxygen atoms in total. The second-order valence-corrected chi connectivity index (χ2v) is 4.97. The zero-order valence-electron chi connectivity index (χ0n) is 9.29. The van der Waals surface area contributed by atoms with Crippen molar-refractivity contribution in [3.05, 3.63) is 29.6 Å². The van der Waals surface area contributed by atoms with Crippen LogP contribution in [0.15, 0.2) is 18.2 Å². The van der Waals surface area contributed by atoms with Crippen LogP contribution in [0, 0.1) is 11.2 Å². The van der Waals surface area contributed by atoms with E-state index in [0.29, 0.717) is 0 Å². The summed E-state index contributed by atoms with van der Waals surface area (Å²) in [5, 5.41) is 17.9. The van der Waals surface area contributed by atoms with Gasteiger partial charge >= 0.3 is 7.12 Å². The maximum Gasteiger partial charge on any atom is 0.491 e. The predicted molar refractivity (Wildman–Crippen MR) is 59.4 cm³/mol. The van der Waals surface area contributed by atoms with Crippen LogP contribution in [0.3, 0.4) is 0 Å². The van der Waals surface area contributed by atoms with Crippen molar-refractivity contribution >= 4 is 12.6 Å². The lowest BCUT2D eigenvalue weighted by molar-refractivity contribution is 0.409. The van der Waals surface area contributed by atoms with Crippen molar-refractivity contribution in [3.63, 3.8) is 0 Å². The van der Waals surface area contributed by atoms with Crippen molar-refractivity contribution in [2.75, 3.05) is 0 Å². The second kappa shape index (κ2) is 4.33. The average molecular weight is 210 g/mol. The van der Waals surface area contributed by atoms with Gasteiger partial charge in [0.1, 0.15) is 5.82 Å². The smallest absolute Gasteiger partial charge is 0.423 e. The molecule has 0 bridgehead atoms. The van der Waals surface area contributed by atoms with Gasteiger partial charge in [0.2, 0.25) is 0 Å². The summed E-state index contributed by atoms with van der Waals surface area (Å²) in [4.78, 5) is 0. The highest BCUT2D eigenvalue weighted by molar-refractivity contribution is 6.58. The van der Waals surface area contributed by atoms with Crippen molar-refractivity contribution in [1.82, 2.24) is 0 Å². The van der Waals surface area contributed by atoms with Gasteiger partial charge < -0.3 is 10.0 Å². The standard InChI is InChI=1S/C11H16BFO2/c1-11(2,3)7-8-4-5-10(13)9(6-8)12(14)15/h4-6,14-15H,7H2,1-3H3. The van der Waals surface area contributed by atoms with Crippen molar-refractivity contribution in [2.24, 2.45) is 5.41 Å². The molecule has 0 saturated carbocycles. The molecule has 0 heterocycles. The molecule has 0 aliphatic carbocycles. The van der Waals surface area contributed by atoms with Crippen molar-refractivity contribution < 1.29 is 14.4 Å². The molecular formula is C11H16BFO2. The Labute approximate surface area is 89.9 Å². The van der Waals surface area contributed by atoms with Crippen LogP contribution in [0.2, 0.25) is 0 Å². The van der Waals surface area contributed by atoms with Crippen LogP contribution in [0.25, 0.3) is 0 Å². The summed E-state index contributed by atoms with van der Waals surface area (Å²) in [6, 6.07) is 4.45. The molecule has 4 heteroatoms. The Kier molecular flexibility index (Phi) is 3.52. The average Bonchev–Trinajstić information content (AvgIpc) is 2.05. The van der Waals surface area contributed by atoms with E-state index in [-0.39, 0.29) is 10.9 Å². The molecule has 15 heavy (non-hydrogen) atoms. The number of hydrogen-bond acceptors (Lipinski definition) is 2. The van der Waals surface area contributed by atoms with Gasteiger partial charge in [0.15, 0.2) is 0 Å². The van der Waals surface area contributed by atoms with Crippen LogP contribution >= 0.6 is 0 Å². The molecule has 0 aliphatic rings. The normalized spacial score (nSPS) is 11.6. The summed E-state index contributed by atoms with van der Waals surface area (Å²) in [6.45, 7) is 6.22. The van der Waals surface area contributed by atoms with E-state index in [2.05, 4.69) is 20.8 Å². The third-order valence-electron chi connectivity index (χ3n) is 2.07. The van der Waals surface area contributed by atoms with Gasteiger partial charge in [-0.05, 0) is 23.5 Å². The van der Waals surface area contributed by atoms with Crippen LogP contribution in [-0.2, 0) is 6.42 Å². The molecule has 1 rings (SSSR count). The highest BCUT2D eigenvalue weighted by Gasteiger charge is 2.18. The summed E-state index contributed by atoms with van der Waals surface area (Å²) in [7, 11) is -1.75. The van der Waals surface area contributed by atoms with Crippen LogP contribution < -0.4 is 5.46 Å². The summed E-state index contributed by atoms with van der Waals surface area (Å²) in [6.07, 6.45) is 0.771. The monoisotopic (exact) mass is 210 g/mol. The summed E-state index contributed by atoms with van der Waals surface area (Å²) in [5.74, 6) is -0.581. The van der Waals surface area contributed by atoms with Gasteiger partial charge in [-0.1, -0.05) is 32.9 Å². The van der Waals surface area contributed by atoms with E-state index >= 15 is 0 Å². The predicted octanol–water partition coefficient (Wildman–Crippen LogP) is 1.09. The molecule has 1 aromatic rings. The first-order chi connectivity index (χ1) is 6.79. The number of hydrogen-bond donors (Lipinski definition) is 2. The van der Waals surface area contributed by atoms with Crippen LogP contribution in [0.4, 0.5) is 4.39 Å². The first-order valence-corrected chi connectivity index (χ1v) is 4.94. The Balaban J connectivity index is 2.98. The molecule has 0 saturated heterocycles. The fourth-order valence-electron chi connectivity index (χ4n) is 1.51. The number of halogens is 1. The Morgan fingerprint density at radius 2 is 1.87 bits per heavy atom. The second-order valence-electron chi connectivity index (χ2n) is 4.97. The lowest BCUT2D eigenvalue weighted by Crippen LogP contribution is -2.33. The quantitative estimate of drug-likeness (QED) is 0.717. The summed E-state index contributed by atoms with van der Waals surface area (Å²) < 4.78 is 13.1. The van der Waals surface area contributed by atoms with Crippen LogP contribution in [0.1, 0.15) is 26.3 Å². The molecule has 0 atom stereocenters. The van der Waals surface area contributed by atoms with E-state index in [1.54, 1.807) is 6.07 Å². The minimum Gasteiger partial charge on any atom is -0.423 e. The SMILES string of the molecule is CC(C)(C)Cc1ccc(F)c(B(O)O)c1. The zero-order chi connectivity index (χ0) is 11.6. The van der Waals surface area contributed by atoms with E-state index in [9.17, 15) is 4.39 Å². The minimum atomic E-state index is -1.75. The zero-order valence-corrected chi connectivity index (χ0v) is 9.29. The Hall–Kier alpha value is -0.865. The molecule has 82 valence electrons. The summed E-state index contributed by atoms with van der Waals surface area (Å²) >= 11 is 0. The molecule has 1 aromatic carbocycles. The highest BCUT2D eigenvalue weighted by atomic mass is 19.1. The Morgan fingerprint density at radius 1 is 1.27 bits per heavy atom. The molecule has 0 unspecified atom stereocenters. The first kappa shape index (κ1) is 12.2. The molecule has 0 radical (unpaired) electrons. The molecule has 0 amide bonds. The number of rotatable bonds is 2. The minimum absolute atomic E-state index is 0.0586. The third kappa shape index (κ3) is 3.65. The molecule has 0 aromatic heterocycles. The van der Waals surface area contributed by atoms with Crippen molar-refractivity contribution in [3.8, 4) is 0 Å². The molecular weight excluding hydrogens is 194 g/mol. The van der Waals surface area contributed by atoms with Gasteiger partial charge in [0.25, 0.3) is 0 Å². The van der Waals surface area contributed by atoms with Crippen molar-refractivity contribution in [2.45, 2.75) is 27.2 Å². The maximum absolute atomic E-state index is 13.1. The Morgan fingerprint density at radius 3 is 2.33 bits per heavy atom. The summed E-state index contributed by atoms with van der Waals surface area (Å²) in [5.41, 5.74) is 0.943. The van der Waals surface area contributed by atoms with E-state index in [1.807, 2.05) is 0 Å². The van der Waals surface area contributed by atoms with Crippen molar-refractivity contribution in [1.29, 1.82) is 0 Å². The van der Waals surface area contributed by atoms with Gasteiger partial charge in [-0.25, -0.2) is 4.39 Å². The van der Waals surface area contributed by atoms with Gasteiger partial charge in [-0.2, -0.15) is 0 Å². The third-order valence-corrected chi connectivity index (χ3v) is 2.07. The first-order valence-electron chi connectivity index (χ1n) is 4.94. The number of benzene rings is 1. The van der Waals surface area contributed by atoms with Crippen LogP contribution in [0.5, 0.6) is 0 Å². The van der Waals surface area contributed by atoms with Gasteiger partial charge in [-0.3, -0.25) is 0 Å². The van der Waals surface area contributed by atoms with Gasteiger partial charge in [0, 0.05) is 5.46 Å². The maximum atomic E-state index is 13.1. The fourth-order valence-corrected chi connectivity index (χ4v) is 1.51. The van der Waals surface area contributed by atoms with E-state index < -0.39 is 12.9 Å². The van der Waals surface area contributed by atoms with E-state index in [1.165, 1.54) is 12.1 Å². The lowest BCUT2D eigenvalue weighted by atomic mass is 9.77. The van der Waals surface area contributed by atoms with E-state index in [4.69, 9.17) is 10.0 Å². The topological polar surface area (TPSA) is 40.5 Å². The molecule has 0 fully saturated rings. The van der Waals surface area contributed by atoms with E-state index in [0.717, 1.165) is 12.0 Å².